The maximum absolute atomic E-state index is 2.40. The fourth-order valence-electron chi connectivity index (χ4n) is 4.19. The number of aryl methyl sites for hydroxylation is 1. The molecule has 0 amide bonds. The Morgan fingerprint density at radius 2 is 1.61 bits per heavy atom. The molecule has 1 aliphatic carbocycles. The Bertz CT molecular complexity index is 644. The molecule has 1 heteroatoms. The number of hydrogen-bond acceptors (Lipinski definition) is 1. The monoisotopic (exact) mass is 307 g/mol. The van der Waals surface area contributed by atoms with Gasteiger partial charge in [0.25, 0.3) is 0 Å². The summed E-state index contributed by atoms with van der Waals surface area (Å²) in [5.41, 5.74) is 6.18. The topological polar surface area (TPSA) is 3.24 Å². The van der Waals surface area contributed by atoms with Gasteiger partial charge in [0.2, 0.25) is 0 Å². The molecule has 3 rings (SSSR count). The van der Waals surface area contributed by atoms with E-state index < -0.39 is 0 Å². The Kier molecular flexibility index (Phi) is 5.17. The van der Waals surface area contributed by atoms with Crippen molar-refractivity contribution in [3.8, 4) is 0 Å². The molecular formula is C22H29N. The van der Waals surface area contributed by atoms with E-state index in [0.717, 1.165) is 12.3 Å². The highest BCUT2D eigenvalue weighted by Crippen LogP contribution is 2.35. The van der Waals surface area contributed by atoms with Crippen molar-refractivity contribution in [3.05, 3.63) is 70.8 Å². The first-order valence-corrected chi connectivity index (χ1v) is 8.93. The molecule has 0 aromatic heterocycles. The van der Waals surface area contributed by atoms with Gasteiger partial charge < -0.3 is 4.90 Å². The number of fused-ring (bicyclic) bond motifs is 2. The highest BCUT2D eigenvalue weighted by atomic mass is 15.1. The third kappa shape index (κ3) is 4.03. The van der Waals surface area contributed by atoms with E-state index in [-0.39, 0.29) is 0 Å². The molecule has 0 spiro atoms. The molecule has 2 aromatic carbocycles. The second-order valence-corrected chi connectivity index (χ2v) is 7.48. The van der Waals surface area contributed by atoms with Gasteiger partial charge >= 0.3 is 0 Å². The van der Waals surface area contributed by atoms with Gasteiger partial charge in [0, 0.05) is 6.54 Å². The fraction of sp³-hybridized carbons (Fsp3) is 0.455. The molecule has 0 radical (unpaired) electrons. The Morgan fingerprint density at radius 1 is 0.957 bits per heavy atom. The lowest BCUT2D eigenvalue weighted by Gasteiger charge is -2.28. The standard InChI is InChI=1S/C22H29N/c1-17(16-23(2)3)14-21-13-12-18-8-4-5-9-19(18)15-20-10-6-7-11-22(20)21/h4-11,17,21H,12-16H2,1-3H3. The molecule has 2 unspecified atom stereocenters. The largest absolute Gasteiger partial charge is 0.309 e. The van der Waals surface area contributed by atoms with E-state index in [0.29, 0.717) is 5.92 Å². The van der Waals surface area contributed by atoms with Gasteiger partial charge in [-0.3, -0.25) is 0 Å². The van der Waals surface area contributed by atoms with Crippen molar-refractivity contribution in [2.45, 2.75) is 38.5 Å². The molecule has 2 aromatic rings. The molecule has 0 aliphatic heterocycles. The van der Waals surface area contributed by atoms with E-state index in [4.69, 9.17) is 0 Å². The van der Waals surface area contributed by atoms with Gasteiger partial charge in [-0.1, -0.05) is 55.5 Å². The smallest absolute Gasteiger partial charge is 0.000114 e. The fourth-order valence-corrected chi connectivity index (χ4v) is 4.19. The van der Waals surface area contributed by atoms with Crippen LogP contribution in [-0.2, 0) is 12.8 Å². The van der Waals surface area contributed by atoms with Crippen molar-refractivity contribution in [1.82, 2.24) is 4.90 Å². The first-order valence-electron chi connectivity index (χ1n) is 8.93. The summed E-state index contributed by atoms with van der Waals surface area (Å²) >= 11 is 0. The van der Waals surface area contributed by atoms with Crippen LogP contribution in [0.3, 0.4) is 0 Å². The van der Waals surface area contributed by atoms with Crippen LogP contribution in [0, 0.1) is 5.92 Å². The first-order chi connectivity index (χ1) is 11.1. The average molecular weight is 307 g/mol. The molecule has 0 saturated carbocycles. The summed E-state index contributed by atoms with van der Waals surface area (Å²) in [6.07, 6.45) is 4.86. The minimum Gasteiger partial charge on any atom is -0.309 e. The molecule has 0 N–H and O–H groups in total. The SMILES string of the molecule is CC(CC1CCc2ccccc2Cc2ccccc21)CN(C)C. The van der Waals surface area contributed by atoms with Crippen molar-refractivity contribution >= 4 is 0 Å². The predicted molar refractivity (Wildman–Crippen MR) is 99.1 cm³/mol. The van der Waals surface area contributed by atoms with E-state index in [1.165, 1.54) is 36.9 Å². The highest BCUT2D eigenvalue weighted by Gasteiger charge is 2.21. The normalized spacial score (nSPS) is 18.7. The van der Waals surface area contributed by atoms with Crippen LogP contribution < -0.4 is 0 Å². The van der Waals surface area contributed by atoms with Crippen molar-refractivity contribution in [2.24, 2.45) is 5.92 Å². The summed E-state index contributed by atoms with van der Waals surface area (Å²) in [5, 5.41) is 0. The van der Waals surface area contributed by atoms with Gasteiger partial charge in [-0.25, -0.2) is 0 Å². The zero-order valence-electron chi connectivity index (χ0n) is 14.8. The van der Waals surface area contributed by atoms with E-state index in [2.05, 4.69) is 74.4 Å². The number of benzene rings is 2. The molecule has 23 heavy (non-hydrogen) atoms. The van der Waals surface area contributed by atoms with Crippen molar-refractivity contribution in [1.29, 1.82) is 0 Å². The van der Waals surface area contributed by atoms with Gasteiger partial charge in [0.1, 0.15) is 0 Å². The molecule has 122 valence electrons. The summed E-state index contributed by atoms with van der Waals surface area (Å²) in [5.74, 6) is 1.42. The summed E-state index contributed by atoms with van der Waals surface area (Å²) in [6, 6.07) is 18.1. The minimum absolute atomic E-state index is 0.689. The summed E-state index contributed by atoms with van der Waals surface area (Å²) in [4.78, 5) is 2.31. The van der Waals surface area contributed by atoms with Crippen LogP contribution >= 0.6 is 0 Å². The van der Waals surface area contributed by atoms with Crippen LogP contribution in [0.2, 0.25) is 0 Å². The van der Waals surface area contributed by atoms with Gasteiger partial charge in [-0.05, 0) is 73.9 Å². The maximum Gasteiger partial charge on any atom is 0.000114 e. The van der Waals surface area contributed by atoms with Gasteiger partial charge in [0.15, 0.2) is 0 Å². The third-order valence-electron chi connectivity index (χ3n) is 5.12. The van der Waals surface area contributed by atoms with Crippen molar-refractivity contribution < 1.29 is 0 Å². The lowest BCUT2D eigenvalue weighted by atomic mass is 9.79. The lowest BCUT2D eigenvalue weighted by Crippen LogP contribution is -2.22. The summed E-state index contributed by atoms with van der Waals surface area (Å²) < 4.78 is 0. The second-order valence-electron chi connectivity index (χ2n) is 7.48. The van der Waals surface area contributed by atoms with Crippen molar-refractivity contribution in [3.63, 3.8) is 0 Å². The van der Waals surface area contributed by atoms with Crippen molar-refractivity contribution in [2.75, 3.05) is 20.6 Å². The zero-order chi connectivity index (χ0) is 16.2. The Balaban J connectivity index is 1.88. The van der Waals surface area contributed by atoms with Gasteiger partial charge in [-0.2, -0.15) is 0 Å². The van der Waals surface area contributed by atoms with E-state index in [9.17, 15) is 0 Å². The van der Waals surface area contributed by atoms with Gasteiger partial charge in [0.05, 0.1) is 0 Å². The van der Waals surface area contributed by atoms with Crippen LogP contribution in [-0.4, -0.2) is 25.5 Å². The molecule has 0 bridgehead atoms. The number of rotatable bonds is 4. The molecule has 2 atom stereocenters. The quantitative estimate of drug-likeness (QED) is 0.777. The Morgan fingerprint density at radius 3 is 2.35 bits per heavy atom. The Hall–Kier alpha value is -1.60. The molecule has 0 fully saturated rings. The molecule has 0 saturated heterocycles. The van der Waals surface area contributed by atoms with Crippen LogP contribution in [0.15, 0.2) is 48.5 Å². The zero-order valence-corrected chi connectivity index (χ0v) is 14.8. The number of nitrogens with zero attached hydrogens (tertiary/aromatic N) is 1. The minimum atomic E-state index is 0.689. The lowest BCUT2D eigenvalue weighted by molar-refractivity contribution is 0.310. The summed E-state index contributed by atoms with van der Waals surface area (Å²) in [7, 11) is 4.36. The molecule has 1 nitrogen and oxygen atoms in total. The predicted octanol–water partition coefficient (Wildman–Crippen LogP) is 4.90. The van der Waals surface area contributed by atoms with Gasteiger partial charge in [-0.15, -0.1) is 0 Å². The van der Waals surface area contributed by atoms with E-state index in [1.807, 2.05) is 0 Å². The highest BCUT2D eigenvalue weighted by molar-refractivity contribution is 5.40. The molecular weight excluding hydrogens is 278 g/mol. The first kappa shape index (κ1) is 16.3. The maximum atomic E-state index is 2.40. The molecule has 1 aliphatic rings. The van der Waals surface area contributed by atoms with Crippen LogP contribution in [0.1, 0.15) is 47.9 Å². The van der Waals surface area contributed by atoms with Crippen LogP contribution in [0.25, 0.3) is 0 Å². The number of hydrogen-bond donors (Lipinski definition) is 0. The summed E-state index contributed by atoms with van der Waals surface area (Å²) in [6.45, 7) is 3.57. The third-order valence-corrected chi connectivity index (χ3v) is 5.12. The molecule has 0 heterocycles. The van der Waals surface area contributed by atoms with E-state index >= 15 is 0 Å². The Labute approximate surface area is 141 Å². The van der Waals surface area contributed by atoms with E-state index in [1.54, 1.807) is 11.1 Å². The van der Waals surface area contributed by atoms with Crippen LogP contribution in [0.4, 0.5) is 0 Å². The second kappa shape index (κ2) is 7.31. The average Bonchev–Trinajstić information content (AvgIpc) is 2.51. The van der Waals surface area contributed by atoms with Crippen LogP contribution in [0.5, 0.6) is 0 Å².